The third kappa shape index (κ3) is 4.19. The van der Waals surface area contributed by atoms with Gasteiger partial charge in [-0.3, -0.25) is 0 Å². The van der Waals surface area contributed by atoms with Crippen LogP contribution in [0.25, 0.3) is 0 Å². The van der Waals surface area contributed by atoms with E-state index < -0.39 is 10.0 Å². The zero-order valence-corrected chi connectivity index (χ0v) is 16.2. The molecule has 0 atom stereocenters. The number of para-hydroxylation sites is 1. The second-order valence-electron chi connectivity index (χ2n) is 5.74. The first-order valence-electron chi connectivity index (χ1n) is 8.10. The number of amidine groups is 1. The van der Waals surface area contributed by atoms with Crippen molar-refractivity contribution in [3.05, 3.63) is 59.1 Å². The van der Waals surface area contributed by atoms with Gasteiger partial charge in [0.2, 0.25) is 0 Å². The van der Waals surface area contributed by atoms with Crippen LogP contribution in [0, 0.1) is 0 Å². The Labute approximate surface area is 158 Å². The Morgan fingerprint density at radius 2 is 1.96 bits per heavy atom. The maximum atomic E-state index is 12.5. The molecule has 0 aliphatic carbocycles. The number of benzene rings is 2. The van der Waals surface area contributed by atoms with Gasteiger partial charge in [-0.25, -0.2) is 0 Å². The predicted octanol–water partition coefficient (Wildman–Crippen LogP) is 4.94. The second kappa shape index (κ2) is 7.81. The number of anilines is 1. The van der Waals surface area contributed by atoms with Gasteiger partial charge in [0.15, 0.2) is 5.17 Å². The molecule has 0 amide bonds. The number of nitrogens with zero attached hydrogens (tertiary/aromatic N) is 2. The fourth-order valence-electron chi connectivity index (χ4n) is 2.61. The molecule has 7 heteroatoms. The Bertz CT molecular complexity index is 897. The molecule has 0 unspecified atom stereocenters. The minimum Gasteiger partial charge on any atom is -0.319 e. The van der Waals surface area contributed by atoms with E-state index in [1.165, 1.54) is 11.8 Å². The lowest BCUT2D eigenvalue weighted by Gasteiger charge is -2.30. The molecular formula is C18H19ClN2O2S2. The van der Waals surface area contributed by atoms with Crippen LogP contribution in [0.2, 0.25) is 5.02 Å². The molecule has 0 radical (unpaired) electrons. The molecule has 0 saturated heterocycles. The van der Waals surface area contributed by atoms with Crippen LogP contribution in [0.4, 0.5) is 5.69 Å². The first-order valence-corrected chi connectivity index (χ1v) is 10.9. The van der Waals surface area contributed by atoms with Gasteiger partial charge in [-0.2, -0.15) is 8.42 Å². The van der Waals surface area contributed by atoms with Crippen LogP contribution >= 0.6 is 23.4 Å². The summed E-state index contributed by atoms with van der Waals surface area (Å²) in [4.78, 5) is 2.29. The van der Waals surface area contributed by atoms with E-state index in [0.29, 0.717) is 21.6 Å². The van der Waals surface area contributed by atoms with Crippen LogP contribution in [0.1, 0.15) is 25.3 Å². The van der Waals surface area contributed by atoms with Crippen molar-refractivity contribution in [2.45, 2.75) is 30.4 Å². The fraction of sp³-hybridized carbons (Fsp3) is 0.278. The van der Waals surface area contributed by atoms with Crippen molar-refractivity contribution < 1.29 is 8.42 Å². The van der Waals surface area contributed by atoms with Crippen molar-refractivity contribution in [3.8, 4) is 0 Å². The lowest BCUT2D eigenvalue weighted by molar-refractivity contribution is 0.596. The molecule has 3 rings (SSSR count). The monoisotopic (exact) mass is 394 g/mol. The highest BCUT2D eigenvalue weighted by Crippen LogP contribution is 2.35. The average molecular weight is 395 g/mol. The third-order valence-electron chi connectivity index (χ3n) is 3.86. The zero-order valence-electron chi connectivity index (χ0n) is 13.9. The number of unbranched alkanes of at least 4 members (excludes halogenated alkanes) is 1. The summed E-state index contributed by atoms with van der Waals surface area (Å²) < 4.78 is 29.1. The lowest BCUT2D eigenvalue weighted by atomic mass is 10.2. The topological polar surface area (TPSA) is 49.7 Å². The standard InChI is InChI=1S/C18H19ClN2O2S2/c1-2-3-11-21-16-9-4-5-10-17(16)25(22,23)20-18(21)24-13-14-7-6-8-15(19)12-14/h4-10,12H,2-3,11,13H2,1H3. The average Bonchev–Trinajstić information content (AvgIpc) is 2.59. The van der Waals surface area contributed by atoms with Crippen LogP contribution in [0.15, 0.2) is 57.8 Å². The largest absolute Gasteiger partial charge is 0.319 e. The first kappa shape index (κ1) is 18.3. The minimum atomic E-state index is -3.66. The molecule has 2 aromatic rings. The van der Waals surface area contributed by atoms with Crippen molar-refractivity contribution in [3.63, 3.8) is 0 Å². The predicted molar refractivity (Wildman–Crippen MR) is 106 cm³/mol. The van der Waals surface area contributed by atoms with E-state index in [0.717, 1.165) is 24.9 Å². The van der Waals surface area contributed by atoms with E-state index in [-0.39, 0.29) is 4.90 Å². The Morgan fingerprint density at radius 3 is 2.72 bits per heavy atom. The maximum Gasteiger partial charge on any atom is 0.286 e. The van der Waals surface area contributed by atoms with Gasteiger partial charge in [-0.05, 0) is 36.2 Å². The van der Waals surface area contributed by atoms with E-state index >= 15 is 0 Å². The quantitative estimate of drug-likeness (QED) is 0.720. The summed E-state index contributed by atoms with van der Waals surface area (Å²) >= 11 is 7.45. The van der Waals surface area contributed by atoms with Gasteiger partial charge < -0.3 is 4.90 Å². The van der Waals surface area contributed by atoms with Crippen LogP contribution in [-0.2, 0) is 15.8 Å². The maximum absolute atomic E-state index is 12.5. The number of halogens is 1. The molecule has 4 nitrogen and oxygen atoms in total. The van der Waals surface area contributed by atoms with Gasteiger partial charge in [0.05, 0.1) is 5.69 Å². The summed E-state index contributed by atoms with van der Waals surface area (Å²) in [5.74, 6) is 0.611. The van der Waals surface area contributed by atoms with Gasteiger partial charge in [0.1, 0.15) is 4.90 Å². The van der Waals surface area contributed by atoms with E-state index in [4.69, 9.17) is 11.6 Å². The highest BCUT2D eigenvalue weighted by Gasteiger charge is 2.30. The second-order valence-corrected chi connectivity index (χ2v) is 8.69. The van der Waals surface area contributed by atoms with Crippen molar-refractivity contribution in [2.75, 3.05) is 11.4 Å². The van der Waals surface area contributed by atoms with Crippen LogP contribution in [0.3, 0.4) is 0 Å². The Balaban J connectivity index is 1.91. The van der Waals surface area contributed by atoms with Gasteiger partial charge >= 0.3 is 0 Å². The van der Waals surface area contributed by atoms with Crippen molar-refractivity contribution in [1.29, 1.82) is 0 Å². The molecule has 25 heavy (non-hydrogen) atoms. The summed E-state index contributed by atoms with van der Waals surface area (Å²) in [6.07, 6.45) is 1.99. The highest BCUT2D eigenvalue weighted by atomic mass is 35.5. The molecule has 1 aliphatic heterocycles. The van der Waals surface area contributed by atoms with Gasteiger partial charge in [-0.15, -0.1) is 4.40 Å². The lowest BCUT2D eigenvalue weighted by Crippen LogP contribution is -2.34. The van der Waals surface area contributed by atoms with Crippen molar-refractivity contribution in [1.82, 2.24) is 0 Å². The zero-order chi connectivity index (χ0) is 17.9. The normalized spacial score (nSPS) is 15.6. The molecule has 0 saturated carbocycles. The summed E-state index contributed by atoms with van der Waals surface area (Å²) in [5.41, 5.74) is 1.74. The minimum absolute atomic E-state index is 0.276. The van der Waals surface area contributed by atoms with E-state index in [1.807, 2.05) is 41.3 Å². The first-order chi connectivity index (χ1) is 12.0. The van der Waals surface area contributed by atoms with Gasteiger partial charge in [0, 0.05) is 17.3 Å². The summed E-state index contributed by atoms with van der Waals surface area (Å²) in [7, 11) is -3.66. The van der Waals surface area contributed by atoms with E-state index in [2.05, 4.69) is 11.3 Å². The number of hydrogen-bond donors (Lipinski definition) is 0. The molecular weight excluding hydrogens is 376 g/mol. The van der Waals surface area contributed by atoms with Crippen LogP contribution in [0.5, 0.6) is 0 Å². The van der Waals surface area contributed by atoms with Crippen LogP contribution < -0.4 is 4.90 Å². The van der Waals surface area contributed by atoms with Crippen molar-refractivity contribution in [2.24, 2.45) is 4.40 Å². The van der Waals surface area contributed by atoms with Gasteiger partial charge in [-0.1, -0.05) is 61.0 Å². The molecule has 0 fully saturated rings. The third-order valence-corrected chi connectivity index (χ3v) is 6.57. The SMILES string of the molecule is CCCCN1C(SCc2cccc(Cl)c2)=NS(=O)(=O)c2ccccc21. The Kier molecular flexibility index (Phi) is 5.71. The number of rotatable bonds is 5. The molecule has 0 N–H and O–H groups in total. The van der Waals surface area contributed by atoms with Gasteiger partial charge in [0.25, 0.3) is 10.0 Å². The van der Waals surface area contributed by atoms with Crippen LogP contribution in [-0.4, -0.2) is 20.1 Å². The molecule has 0 spiro atoms. The summed E-state index contributed by atoms with van der Waals surface area (Å²) in [6.45, 7) is 2.85. The van der Waals surface area contributed by atoms with E-state index in [1.54, 1.807) is 12.1 Å². The molecule has 0 aromatic heterocycles. The summed E-state index contributed by atoms with van der Waals surface area (Å²) in [5, 5.41) is 1.19. The smallest absolute Gasteiger partial charge is 0.286 e. The molecule has 1 heterocycles. The molecule has 132 valence electrons. The van der Waals surface area contributed by atoms with Crippen molar-refractivity contribution >= 4 is 44.2 Å². The number of fused-ring (bicyclic) bond motifs is 1. The Morgan fingerprint density at radius 1 is 1.16 bits per heavy atom. The Hall–Kier alpha value is -1.50. The highest BCUT2D eigenvalue weighted by molar-refractivity contribution is 8.14. The molecule has 1 aliphatic rings. The molecule has 0 bridgehead atoms. The summed E-state index contributed by atoms with van der Waals surface area (Å²) in [6, 6.07) is 14.6. The molecule has 2 aromatic carbocycles. The van der Waals surface area contributed by atoms with E-state index in [9.17, 15) is 8.42 Å². The number of hydrogen-bond acceptors (Lipinski definition) is 4. The number of sulfonamides is 1. The number of thioether (sulfide) groups is 1. The fourth-order valence-corrected chi connectivity index (χ4v) is 5.25.